The summed E-state index contributed by atoms with van der Waals surface area (Å²) in [5.74, 6) is 0.615. The number of fused-ring (bicyclic) bond motifs is 3. The van der Waals surface area contributed by atoms with E-state index in [1.807, 2.05) is 0 Å². The van der Waals surface area contributed by atoms with Gasteiger partial charge < -0.3 is 0 Å². The molecule has 0 N–H and O–H groups in total. The zero-order chi connectivity index (χ0) is 12.0. The van der Waals surface area contributed by atoms with Crippen LogP contribution >= 0.6 is 0 Å². The predicted octanol–water partition coefficient (Wildman–Crippen LogP) is 4.69. The van der Waals surface area contributed by atoms with Gasteiger partial charge in [0.05, 0.1) is 0 Å². The molecule has 0 bridgehead atoms. The van der Waals surface area contributed by atoms with Crippen LogP contribution < -0.4 is 0 Å². The number of hydrogen-bond donors (Lipinski definition) is 0. The molecule has 0 amide bonds. The molecule has 2 aromatic carbocycles. The third kappa shape index (κ3) is 1.51. The van der Waals surface area contributed by atoms with E-state index >= 15 is 0 Å². The number of rotatable bonds is 1. The summed E-state index contributed by atoms with van der Waals surface area (Å²) in [6, 6.07) is 13.4. The molecule has 86 valence electrons. The van der Waals surface area contributed by atoms with Gasteiger partial charge in [-0.2, -0.15) is 0 Å². The molecule has 17 heavy (non-hydrogen) atoms. The molecule has 0 fully saturated rings. The topological polar surface area (TPSA) is 0 Å². The van der Waals surface area contributed by atoms with E-state index in [-0.39, 0.29) is 0 Å². The zero-order valence-electron chi connectivity index (χ0n) is 10.7. The standard InChI is InChI=1S/C17H18/c1-11(2)14-8-9-16-15-7-5-4-6-13(15)10-17(16)12(14)3/h4-9,11H,10H2,1-3H3. The Morgan fingerprint density at radius 2 is 1.71 bits per heavy atom. The van der Waals surface area contributed by atoms with Crippen LogP contribution in [0.4, 0.5) is 0 Å². The summed E-state index contributed by atoms with van der Waals surface area (Å²) in [5, 5.41) is 0. The van der Waals surface area contributed by atoms with Gasteiger partial charge in [0.15, 0.2) is 0 Å². The maximum absolute atomic E-state index is 2.31. The fourth-order valence-corrected chi connectivity index (χ4v) is 3.01. The highest BCUT2D eigenvalue weighted by molar-refractivity contribution is 5.78. The van der Waals surface area contributed by atoms with Gasteiger partial charge >= 0.3 is 0 Å². The normalized spacial score (nSPS) is 12.7. The van der Waals surface area contributed by atoms with Gasteiger partial charge in [-0.25, -0.2) is 0 Å². The first-order valence-electron chi connectivity index (χ1n) is 6.39. The minimum absolute atomic E-state index is 0.615. The Morgan fingerprint density at radius 3 is 2.47 bits per heavy atom. The first kappa shape index (κ1) is 10.6. The van der Waals surface area contributed by atoms with Gasteiger partial charge in [-0.15, -0.1) is 0 Å². The van der Waals surface area contributed by atoms with Gasteiger partial charge in [0.2, 0.25) is 0 Å². The van der Waals surface area contributed by atoms with Gasteiger partial charge in [-0.1, -0.05) is 50.2 Å². The molecule has 0 aromatic heterocycles. The Labute approximate surface area is 103 Å². The van der Waals surface area contributed by atoms with Crippen molar-refractivity contribution in [3.8, 4) is 11.1 Å². The van der Waals surface area contributed by atoms with Crippen LogP contribution in [0, 0.1) is 6.92 Å². The smallest absolute Gasteiger partial charge is 0.00107 e. The lowest BCUT2D eigenvalue weighted by Gasteiger charge is -2.13. The van der Waals surface area contributed by atoms with Crippen molar-refractivity contribution in [1.29, 1.82) is 0 Å². The molecule has 0 nitrogen and oxygen atoms in total. The fraction of sp³-hybridized carbons (Fsp3) is 0.294. The highest BCUT2D eigenvalue weighted by Gasteiger charge is 2.21. The van der Waals surface area contributed by atoms with Gasteiger partial charge in [0.1, 0.15) is 0 Å². The maximum Gasteiger partial charge on any atom is -0.00107 e. The Kier molecular flexibility index (Phi) is 2.32. The minimum Gasteiger partial charge on any atom is -0.0619 e. The Balaban J connectivity index is 2.22. The first-order valence-corrected chi connectivity index (χ1v) is 6.39. The van der Waals surface area contributed by atoms with E-state index in [0.717, 1.165) is 6.42 Å². The first-order chi connectivity index (χ1) is 8.18. The predicted molar refractivity (Wildman–Crippen MR) is 73.5 cm³/mol. The second-order valence-electron chi connectivity index (χ2n) is 5.29. The van der Waals surface area contributed by atoms with Crippen molar-refractivity contribution in [1.82, 2.24) is 0 Å². The molecule has 1 aliphatic carbocycles. The van der Waals surface area contributed by atoms with Crippen molar-refractivity contribution >= 4 is 0 Å². The summed E-state index contributed by atoms with van der Waals surface area (Å²) in [4.78, 5) is 0. The monoisotopic (exact) mass is 222 g/mol. The van der Waals surface area contributed by atoms with Crippen LogP contribution in [0.25, 0.3) is 11.1 Å². The van der Waals surface area contributed by atoms with E-state index in [1.165, 1.54) is 33.4 Å². The molecule has 3 rings (SSSR count). The third-order valence-electron chi connectivity index (χ3n) is 3.94. The van der Waals surface area contributed by atoms with Gasteiger partial charge in [-0.3, -0.25) is 0 Å². The van der Waals surface area contributed by atoms with E-state index in [2.05, 4.69) is 57.2 Å². The molecule has 0 spiro atoms. The quantitative estimate of drug-likeness (QED) is 0.560. The molecular weight excluding hydrogens is 204 g/mol. The van der Waals surface area contributed by atoms with Gasteiger partial charge in [0.25, 0.3) is 0 Å². The van der Waals surface area contributed by atoms with Crippen LogP contribution in [0.1, 0.15) is 42.0 Å². The zero-order valence-corrected chi connectivity index (χ0v) is 10.7. The lowest BCUT2D eigenvalue weighted by Crippen LogP contribution is -1.96. The second-order valence-corrected chi connectivity index (χ2v) is 5.29. The SMILES string of the molecule is Cc1c(C(C)C)ccc2c1Cc1ccccc1-2. The molecule has 0 saturated carbocycles. The molecule has 0 aliphatic heterocycles. The van der Waals surface area contributed by atoms with Gasteiger partial charge in [0, 0.05) is 0 Å². The van der Waals surface area contributed by atoms with Gasteiger partial charge in [-0.05, 0) is 52.6 Å². The van der Waals surface area contributed by atoms with Crippen LogP contribution in [-0.2, 0) is 6.42 Å². The molecule has 0 radical (unpaired) electrons. The van der Waals surface area contributed by atoms with Crippen LogP contribution in [0.15, 0.2) is 36.4 Å². The maximum atomic E-state index is 2.31. The van der Waals surface area contributed by atoms with Crippen molar-refractivity contribution in [2.45, 2.75) is 33.1 Å². The number of hydrogen-bond acceptors (Lipinski definition) is 0. The molecule has 2 aromatic rings. The van der Waals surface area contributed by atoms with Crippen LogP contribution in [0.3, 0.4) is 0 Å². The Bertz CT molecular complexity index is 577. The molecular formula is C17H18. The average molecular weight is 222 g/mol. The molecule has 0 heterocycles. The van der Waals surface area contributed by atoms with E-state index in [1.54, 1.807) is 0 Å². The van der Waals surface area contributed by atoms with Crippen molar-refractivity contribution in [3.63, 3.8) is 0 Å². The van der Waals surface area contributed by atoms with E-state index in [9.17, 15) is 0 Å². The van der Waals surface area contributed by atoms with E-state index in [0.29, 0.717) is 5.92 Å². The van der Waals surface area contributed by atoms with Crippen LogP contribution in [-0.4, -0.2) is 0 Å². The fourth-order valence-electron chi connectivity index (χ4n) is 3.01. The van der Waals surface area contributed by atoms with Crippen molar-refractivity contribution in [2.24, 2.45) is 0 Å². The summed E-state index contributed by atoms with van der Waals surface area (Å²) >= 11 is 0. The summed E-state index contributed by atoms with van der Waals surface area (Å²) < 4.78 is 0. The Morgan fingerprint density at radius 1 is 0.941 bits per heavy atom. The van der Waals surface area contributed by atoms with Crippen molar-refractivity contribution < 1.29 is 0 Å². The lowest BCUT2D eigenvalue weighted by molar-refractivity contribution is 0.853. The average Bonchev–Trinajstić information content (AvgIpc) is 2.69. The summed E-state index contributed by atoms with van der Waals surface area (Å²) in [7, 11) is 0. The van der Waals surface area contributed by atoms with Crippen molar-refractivity contribution in [2.75, 3.05) is 0 Å². The van der Waals surface area contributed by atoms with E-state index < -0.39 is 0 Å². The molecule has 0 heteroatoms. The minimum atomic E-state index is 0.615. The second kappa shape index (κ2) is 3.73. The molecule has 0 unspecified atom stereocenters. The van der Waals surface area contributed by atoms with Crippen LogP contribution in [0.5, 0.6) is 0 Å². The molecule has 0 saturated heterocycles. The summed E-state index contributed by atoms with van der Waals surface area (Å²) in [6.45, 7) is 6.83. The third-order valence-corrected chi connectivity index (χ3v) is 3.94. The number of benzene rings is 2. The highest BCUT2D eigenvalue weighted by atomic mass is 14.2. The molecule has 0 atom stereocenters. The van der Waals surface area contributed by atoms with Crippen LogP contribution in [0.2, 0.25) is 0 Å². The lowest BCUT2D eigenvalue weighted by atomic mass is 9.91. The largest absolute Gasteiger partial charge is 0.0619 e. The molecule has 1 aliphatic rings. The Hall–Kier alpha value is -1.56. The highest BCUT2D eigenvalue weighted by Crippen LogP contribution is 2.40. The van der Waals surface area contributed by atoms with Crippen molar-refractivity contribution in [3.05, 3.63) is 58.7 Å². The summed E-state index contributed by atoms with van der Waals surface area (Å²) in [6.07, 6.45) is 1.11. The summed E-state index contributed by atoms with van der Waals surface area (Å²) in [5.41, 5.74) is 8.89. The van der Waals surface area contributed by atoms with E-state index in [4.69, 9.17) is 0 Å².